The van der Waals surface area contributed by atoms with E-state index in [0.717, 1.165) is 18.9 Å². The quantitative estimate of drug-likeness (QED) is 0.904. The molecule has 2 rings (SSSR count). The van der Waals surface area contributed by atoms with Gasteiger partial charge < -0.3 is 20.1 Å². The van der Waals surface area contributed by atoms with Gasteiger partial charge in [0.05, 0.1) is 0 Å². The Morgan fingerprint density at radius 3 is 2.64 bits per heavy atom. The van der Waals surface area contributed by atoms with Gasteiger partial charge in [0.25, 0.3) is 0 Å². The topological polar surface area (TPSA) is 77.7 Å². The molecule has 0 aliphatic carbocycles. The molecule has 1 aliphatic heterocycles. The molecule has 0 aromatic carbocycles. The van der Waals surface area contributed by atoms with Gasteiger partial charge in [0, 0.05) is 24.6 Å². The Hall–Kier alpha value is -1.98. The van der Waals surface area contributed by atoms with Gasteiger partial charge in [-0.15, -0.1) is 0 Å². The molecule has 1 aliphatic rings. The number of anilines is 1. The molecule has 1 fully saturated rings. The van der Waals surface area contributed by atoms with E-state index in [-0.39, 0.29) is 18.1 Å². The minimum Gasteiger partial charge on any atom is -0.470 e. The maximum Gasteiger partial charge on any atom is 0.404 e. The predicted molar refractivity (Wildman–Crippen MR) is 85.1 cm³/mol. The fourth-order valence-corrected chi connectivity index (χ4v) is 2.36. The fourth-order valence-electron chi connectivity index (χ4n) is 2.36. The SMILES string of the molecule is CC(C)(C)C(COC(N)=O)Oc1cccc(N2CCCC2)n1. The number of nitrogens with two attached hydrogens (primary N) is 1. The Bertz CT molecular complexity index is 508. The highest BCUT2D eigenvalue weighted by Gasteiger charge is 2.28. The molecule has 1 atom stereocenters. The van der Waals surface area contributed by atoms with E-state index in [4.69, 9.17) is 15.2 Å². The fraction of sp³-hybridized carbons (Fsp3) is 0.625. The van der Waals surface area contributed by atoms with E-state index in [9.17, 15) is 4.79 Å². The lowest BCUT2D eigenvalue weighted by Crippen LogP contribution is -2.38. The zero-order valence-corrected chi connectivity index (χ0v) is 13.5. The Kier molecular flexibility index (Phi) is 5.11. The second kappa shape index (κ2) is 6.85. The number of amides is 1. The van der Waals surface area contributed by atoms with Gasteiger partial charge >= 0.3 is 6.09 Å². The highest BCUT2D eigenvalue weighted by atomic mass is 16.6. The van der Waals surface area contributed by atoms with Gasteiger partial charge in [0.15, 0.2) is 0 Å². The zero-order chi connectivity index (χ0) is 16.2. The zero-order valence-electron chi connectivity index (χ0n) is 13.5. The third kappa shape index (κ3) is 4.51. The molecule has 6 nitrogen and oxygen atoms in total. The summed E-state index contributed by atoms with van der Waals surface area (Å²) in [6.07, 6.45) is 1.28. The highest BCUT2D eigenvalue weighted by Crippen LogP contribution is 2.26. The van der Waals surface area contributed by atoms with Crippen molar-refractivity contribution in [2.75, 3.05) is 24.6 Å². The number of rotatable bonds is 5. The van der Waals surface area contributed by atoms with Gasteiger partial charge in [-0.1, -0.05) is 26.8 Å². The molecule has 0 saturated carbocycles. The molecular weight excluding hydrogens is 282 g/mol. The lowest BCUT2D eigenvalue weighted by Gasteiger charge is -2.30. The van der Waals surface area contributed by atoms with Crippen LogP contribution in [0.4, 0.5) is 10.6 Å². The third-order valence-electron chi connectivity index (χ3n) is 3.74. The Morgan fingerprint density at radius 1 is 1.36 bits per heavy atom. The molecule has 1 saturated heterocycles. The summed E-state index contributed by atoms with van der Waals surface area (Å²) in [7, 11) is 0. The van der Waals surface area contributed by atoms with Crippen LogP contribution in [0.3, 0.4) is 0 Å². The molecule has 22 heavy (non-hydrogen) atoms. The largest absolute Gasteiger partial charge is 0.470 e. The average Bonchev–Trinajstić information content (AvgIpc) is 2.96. The van der Waals surface area contributed by atoms with Gasteiger partial charge in [-0.25, -0.2) is 4.79 Å². The molecule has 0 spiro atoms. The van der Waals surface area contributed by atoms with E-state index in [1.54, 1.807) is 0 Å². The highest BCUT2D eigenvalue weighted by molar-refractivity contribution is 5.64. The van der Waals surface area contributed by atoms with Crippen molar-refractivity contribution in [2.24, 2.45) is 11.1 Å². The van der Waals surface area contributed by atoms with Crippen LogP contribution in [0, 0.1) is 5.41 Å². The summed E-state index contributed by atoms with van der Waals surface area (Å²) >= 11 is 0. The normalized spacial score (nSPS) is 16.4. The van der Waals surface area contributed by atoms with Crippen molar-refractivity contribution in [1.29, 1.82) is 0 Å². The molecule has 1 aromatic rings. The summed E-state index contributed by atoms with van der Waals surface area (Å²) in [5, 5.41) is 0. The van der Waals surface area contributed by atoms with Crippen molar-refractivity contribution >= 4 is 11.9 Å². The number of nitrogens with zero attached hydrogens (tertiary/aromatic N) is 2. The number of carbonyl (C=O) groups excluding carboxylic acids is 1. The summed E-state index contributed by atoms with van der Waals surface area (Å²) in [5.41, 5.74) is 4.84. The van der Waals surface area contributed by atoms with Gasteiger partial charge in [-0.3, -0.25) is 0 Å². The molecular formula is C16H25N3O3. The molecule has 1 amide bonds. The molecule has 1 aromatic heterocycles. The number of pyridine rings is 1. The number of primary amides is 1. The number of carbonyl (C=O) groups is 1. The van der Waals surface area contributed by atoms with Crippen molar-refractivity contribution in [2.45, 2.75) is 39.7 Å². The summed E-state index contributed by atoms with van der Waals surface area (Å²) in [5.74, 6) is 1.47. The number of ether oxygens (including phenoxy) is 2. The van der Waals surface area contributed by atoms with E-state index < -0.39 is 6.09 Å². The Morgan fingerprint density at radius 2 is 2.05 bits per heavy atom. The first-order chi connectivity index (χ1) is 10.4. The van der Waals surface area contributed by atoms with Crippen molar-refractivity contribution in [1.82, 2.24) is 4.98 Å². The van der Waals surface area contributed by atoms with Gasteiger partial charge in [0.1, 0.15) is 18.5 Å². The summed E-state index contributed by atoms with van der Waals surface area (Å²) in [6.45, 7) is 8.23. The van der Waals surface area contributed by atoms with Crippen LogP contribution in [0.15, 0.2) is 18.2 Å². The van der Waals surface area contributed by atoms with Crippen molar-refractivity contribution < 1.29 is 14.3 Å². The molecule has 1 unspecified atom stereocenters. The molecule has 2 N–H and O–H groups in total. The maximum atomic E-state index is 10.8. The van der Waals surface area contributed by atoms with Crippen molar-refractivity contribution in [3.63, 3.8) is 0 Å². The first-order valence-electron chi connectivity index (χ1n) is 7.67. The second-order valence-electron chi connectivity index (χ2n) is 6.63. The van der Waals surface area contributed by atoms with Crippen LogP contribution in [0.1, 0.15) is 33.6 Å². The Labute approximate surface area is 131 Å². The van der Waals surface area contributed by atoms with Crippen LogP contribution in [-0.4, -0.2) is 36.9 Å². The summed E-state index contributed by atoms with van der Waals surface area (Å²) < 4.78 is 10.9. The molecule has 122 valence electrons. The monoisotopic (exact) mass is 307 g/mol. The first kappa shape index (κ1) is 16.4. The summed E-state index contributed by atoms with van der Waals surface area (Å²) in [4.78, 5) is 17.6. The number of hydrogen-bond acceptors (Lipinski definition) is 5. The summed E-state index contributed by atoms with van der Waals surface area (Å²) in [6, 6.07) is 5.75. The van der Waals surface area contributed by atoms with Gasteiger partial charge in [-0.2, -0.15) is 4.98 Å². The smallest absolute Gasteiger partial charge is 0.404 e. The van der Waals surface area contributed by atoms with Crippen LogP contribution in [0.5, 0.6) is 5.88 Å². The van der Waals surface area contributed by atoms with Gasteiger partial charge in [0.2, 0.25) is 5.88 Å². The van der Waals surface area contributed by atoms with E-state index in [1.165, 1.54) is 12.8 Å². The van der Waals surface area contributed by atoms with Crippen LogP contribution in [0.2, 0.25) is 0 Å². The number of hydrogen-bond donors (Lipinski definition) is 1. The van der Waals surface area contributed by atoms with E-state index in [1.807, 2.05) is 39.0 Å². The van der Waals surface area contributed by atoms with Crippen LogP contribution in [0.25, 0.3) is 0 Å². The molecule has 0 radical (unpaired) electrons. The van der Waals surface area contributed by atoms with Crippen LogP contribution in [-0.2, 0) is 4.74 Å². The minimum atomic E-state index is -0.795. The molecule has 6 heteroatoms. The average molecular weight is 307 g/mol. The molecule has 0 bridgehead atoms. The standard InChI is InChI=1S/C16H25N3O3/c1-16(2,3)12(11-21-15(17)20)22-14-8-6-7-13(18-14)19-9-4-5-10-19/h6-8,12H,4-5,9-11H2,1-3H3,(H2,17,20). The predicted octanol–water partition coefficient (Wildman–Crippen LogP) is 2.57. The molecule has 2 heterocycles. The van der Waals surface area contributed by atoms with E-state index in [2.05, 4.69) is 9.88 Å². The van der Waals surface area contributed by atoms with Crippen molar-refractivity contribution in [3.8, 4) is 5.88 Å². The van der Waals surface area contributed by atoms with Crippen molar-refractivity contribution in [3.05, 3.63) is 18.2 Å². The van der Waals surface area contributed by atoms with Crippen LogP contribution >= 0.6 is 0 Å². The second-order valence-corrected chi connectivity index (χ2v) is 6.63. The lowest BCUT2D eigenvalue weighted by molar-refractivity contribution is 0.0212. The van der Waals surface area contributed by atoms with E-state index in [0.29, 0.717) is 5.88 Å². The van der Waals surface area contributed by atoms with E-state index >= 15 is 0 Å². The third-order valence-corrected chi connectivity index (χ3v) is 3.74. The number of aromatic nitrogens is 1. The first-order valence-corrected chi connectivity index (χ1v) is 7.67. The maximum absolute atomic E-state index is 10.8. The van der Waals surface area contributed by atoms with Gasteiger partial charge in [-0.05, 0) is 18.9 Å². The Balaban J connectivity index is 2.08. The minimum absolute atomic E-state index is 0.106. The van der Waals surface area contributed by atoms with Crippen LogP contribution < -0.4 is 15.4 Å². The lowest BCUT2D eigenvalue weighted by atomic mass is 9.89.